The number of aryl methyl sites for hydroxylation is 2. The number of fused-ring (bicyclic) bond motifs is 1. The number of nitrogens with zero attached hydrogens (tertiary/aromatic N) is 4. The maximum atomic E-state index is 13.1. The average molecular weight is 496 g/mol. The van der Waals surface area contributed by atoms with Crippen LogP contribution in [0.3, 0.4) is 0 Å². The molecule has 3 aromatic rings. The Morgan fingerprint density at radius 3 is 2.47 bits per heavy atom. The van der Waals surface area contributed by atoms with Gasteiger partial charge in [0.2, 0.25) is 5.91 Å². The number of carbonyl (C=O) groups is 1. The highest BCUT2D eigenvalue weighted by atomic mass is 16.3. The van der Waals surface area contributed by atoms with E-state index in [1.165, 1.54) is 5.56 Å². The second-order valence-corrected chi connectivity index (χ2v) is 10.2. The number of aromatic amines is 1. The molecule has 9 heteroatoms. The van der Waals surface area contributed by atoms with Crippen molar-refractivity contribution in [3.63, 3.8) is 0 Å². The molecule has 1 saturated heterocycles. The standard InChI is InChI=1S/C27H37N5O4/c1-4-5-14-31-25-24(26(35)29-27(31)36)32(17-18(2)3)22(28-25)10-11-23(34)30-15-12-20(13-16-30)19-6-8-21(33)9-7-19/h6-9,18,20,33H,4-5,10-17H2,1-3H3,(H,29,35,36). The number of hydrogen-bond donors (Lipinski definition) is 2. The van der Waals surface area contributed by atoms with Gasteiger partial charge in [0, 0.05) is 39.0 Å². The highest BCUT2D eigenvalue weighted by Crippen LogP contribution is 2.29. The number of imidazole rings is 1. The van der Waals surface area contributed by atoms with E-state index in [0.29, 0.717) is 61.9 Å². The highest BCUT2D eigenvalue weighted by molar-refractivity contribution is 5.77. The summed E-state index contributed by atoms with van der Waals surface area (Å²) in [7, 11) is 0. The number of amides is 1. The zero-order chi connectivity index (χ0) is 25.8. The summed E-state index contributed by atoms with van der Waals surface area (Å²) in [6.45, 7) is 8.67. The van der Waals surface area contributed by atoms with E-state index in [1.54, 1.807) is 16.7 Å². The van der Waals surface area contributed by atoms with Crippen molar-refractivity contribution >= 4 is 17.1 Å². The van der Waals surface area contributed by atoms with Crippen LogP contribution in [-0.2, 0) is 24.3 Å². The van der Waals surface area contributed by atoms with Crippen LogP contribution in [0, 0.1) is 5.92 Å². The van der Waals surface area contributed by atoms with Crippen LogP contribution in [0.5, 0.6) is 5.75 Å². The molecule has 0 bridgehead atoms. The molecule has 4 rings (SSSR count). The van der Waals surface area contributed by atoms with Crippen molar-refractivity contribution in [2.24, 2.45) is 5.92 Å². The predicted molar refractivity (Wildman–Crippen MR) is 139 cm³/mol. The Kier molecular flexibility index (Phi) is 7.96. The van der Waals surface area contributed by atoms with Gasteiger partial charge < -0.3 is 14.6 Å². The van der Waals surface area contributed by atoms with Crippen LogP contribution in [0.1, 0.15) is 70.2 Å². The molecule has 0 radical (unpaired) electrons. The summed E-state index contributed by atoms with van der Waals surface area (Å²) in [5, 5.41) is 9.52. The van der Waals surface area contributed by atoms with Crippen molar-refractivity contribution in [3.05, 3.63) is 56.5 Å². The van der Waals surface area contributed by atoms with E-state index in [2.05, 4.69) is 25.8 Å². The lowest BCUT2D eigenvalue weighted by molar-refractivity contribution is -0.132. The van der Waals surface area contributed by atoms with Crippen LogP contribution in [0.15, 0.2) is 33.9 Å². The molecule has 1 aromatic carbocycles. The van der Waals surface area contributed by atoms with Crippen molar-refractivity contribution < 1.29 is 9.90 Å². The third-order valence-electron chi connectivity index (χ3n) is 7.02. The van der Waals surface area contributed by atoms with Crippen LogP contribution < -0.4 is 11.2 Å². The van der Waals surface area contributed by atoms with Gasteiger partial charge in [-0.25, -0.2) is 9.78 Å². The van der Waals surface area contributed by atoms with Gasteiger partial charge in [0.15, 0.2) is 11.2 Å². The smallest absolute Gasteiger partial charge is 0.330 e. The number of aromatic nitrogens is 4. The van der Waals surface area contributed by atoms with E-state index < -0.39 is 11.2 Å². The molecule has 1 aliphatic rings. The molecule has 0 atom stereocenters. The molecule has 9 nitrogen and oxygen atoms in total. The number of unbranched alkanes of at least 4 members (excludes halogenated alkanes) is 1. The molecule has 1 fully saturated rings. The fraction of sp³-hybridized carbons (Fsp3) is 0.556. The van der Waals surface area contributed by atoms with Crippen molar-refractivity contribution in [1.29, 1.82) is 0 Å². The number of aromatic hydroxyl groups is 1. The Morgan fingerprint density at radius 2 is 1.83 bits per heavy atom. The molecular weight excluding hydrogens is 458 g/mol. The first kappa shape index (κ1) is 25.7. The van der Waals surface area contributed by atoms with Crippen molar-refractivity contribution in [1.82, 2.24) is 24.0 Å². The SMILES string of the molecule is CCCCn1c(=O)[nH]c(=O)c2c1nc(CCC(=O)N1CCC(c3ccc(O)cc3)CC1)n2CC(C)C. The van der Waals surface area contributed by atoms with E-state index in [-0.39, 0.29) is 17.6 Å². The minimum absolute atomic E-state index is 0.0830. The number of hydrogen-bond acceptors (Lipinski definition) is 5. The van der Waals surface area contributed by atoms with Gasteiger partial charge in [-0.05, 0) is 48.8 Å². The minimum Gasteiger partial charge on any atom is -0.508 e. The molecule has 3 heterocycles. The summed E-state index contributed by atoms with van der Waals surface area (Å²) in [5.41, 5.74) is 1.16. The fourth-order valence-electron chi connectivity index (χ4n) is 5.08. The van der Waals surface area contributed by atoms with E-state index in [0.717, 1.165) is 25.7 Å². The lowest BCUT2D eigenvalue weighted by Gasteiger charge is -2.32. The van der Waals surface area contributed by atoms with Crippen molar-refractivity contribution in [2.45, 2.75) is 78.3 Å². The lowest BCUT2D eigenvalue weighted by atomic mass is 9.89. The summed E-state index contributed by atoms with van der Waals surface area (Å²) in [4.78, 5) is 47.5. The van der Waals surface area contributed by atoms with Crippen LogP contribution in [-0.4, -0.2) is 48.1 Å². The van der Waals surface area contributed by atoms with Gasteiger partial charge >= 0.3 is 5.69 Å². The number of phenolic OH excluding ortho intramolecular Hbond substituents is 1. The summed E-state index contributed by atoms with van der Waals surface area (Å²) in [6.07, 6.45) is 4.24. The van der Waals surface area contributed by atoms with Gasteiger partial charge in [-0.3, -0.25) is 19.1 Å². The zero-order valence-electron chi connectivity index (χ0n) is 21.5. The highest BCUT2D eigenvalue weighted by Gasteiger charge is 2.25. The first-order valence-electron chi connectivity index (χ1n) is 13.1. The minimum atomic E-state index is -0.436. The number of likely N-dealkylation sites (tertiary alicyclic amines) is 1. The van der Waals surface area contributed by atoms with Gasteiger partial charge in [-0.2, -0.15) is 0 Å². The number of rotatable bonds is 9. The maximum absolute atomic E-state index is 13.1. The Morgan fingerprint density at radius 1 is 1.14 bits per heavy atom. The summed E-state index contributed by atoms with van der Waals surface area (Å²) < 4.78 is 3.45. The monoisotopic (exact) mass is 495 g/mol. The van der Waals surface area contributed by atoms with E-state index in [9.17, 15) is 19.5 Å². The van der Waals surface area contributed by atoms with Gasteiger partial charge in [-0.1, -0.05) is 39.3 Å². The van der Waals surface area contributed by atoms with E-state index in [4.69, 9.17) is 4.98 Å². The van der Waals surface area contributed by atoms with Crippen molar-refractivity contribution in [2.75, 3.05) is 13.1 Å². The fourth-order valence-corrected chi connectivity index (χ4v) is 5.08. The van der Waals surface area contributed by atoms with Crippen molar-refractivity contribution in [3.8, 4) is 5.75 Å². The number of H-pyrrole nitrogens is 1. The molecule has 1 amide bonds. The molecule has 2 N–H and O–H groups in total. The van der Waals surface area contributed by atoms with Crippen LogP contribution in [0.2, 0.25) is 0 Å². The molecule has 0 saturated carbocycles. The van der Waals surface area contributed by atoms with Crippen LogP contribution in [0.25, 0.3) is 11.2 Å². The van der Waals surface area contributed by atoms with Crippen LogP contribution >= 0.6 is 0 Å². The molecule has 36 heavy (non-hydrogen) atoms. The first-order valence-corrected chi connectivity index (χ1v) is 13.1. The number of nitrogens with one attached hydrogen (secondary N) is 1. The molecule has 0 unspecified atom stereocenters. The maximum Gasteiger partial charge on any atom is 0.330 e. The van der Waals surface area contributed by atoms with Gasteiger partial charge in [0.25, 0.3) is 5.56 Å². The second-order valence-electron chi connectivity index (χ2n) is 10.2. The average Bonchev–Trinajstić information content (AvgIpc) is 3.20. The normalized spacial score (nSPS) is 14.7. The first-order chi connectivity index (χ1) is 17.3. The Hall–Kier alpha value is -3.36. The lowest BCUT2D eigenvalue weighted by Crippen LogP contribution is -2.38. The van der Waals surface area contributed by atoms with Gasteiger partial charge in [0.05, 0.1) is 0 Å². The second kappa shape index (κ2) is 11.1. The number of benzene rings is 1. The van der Waals surface area contributed by atoms with E-state index in [1.807, 2.05) is 21.6 Å². The number of piperidine rings is 1. The summed E-state index contributed by atoms with van der Waals surface area (Å²) >= 11 is 0. The largest absolute Gasteiger partial charge is 0.508 e. The van der Waals surface area contributed by atoms with Gasteiger partial charge in [-0.15, -0.1) is 0 Å². The quantitative estimate of drug-likeness (QED) is 0.472. The third-order valence-corrected chi connectivity index (χ3v) is 7.02. The molecule has 194 valence electrons. The Labute approximate surface area is 210 Å². The molecule has 0 spiro atoms. The van der Waals surface area contributed by atoms with Gasteiger partial charge in [0.1, 0.15) is 11.6 Å². The molecule has 0 aliphatic carbocycles. The molecule has 1 aliphatic heterocycles. The summed E-state index contributed by atoms with van der Waals surface area (Å²) in [5.74, 6) is 1.67. The third kappa shape index (κ3) is 5.55. The predicted octanol–water partition coefficient (Wildman–Crippen LogP) is 3.39. The molecule has 2 aromatic heterocycles. The number of phenols is 1. The van der Waals surface area contributed by atoms with E-state index >= 15 is 0 Å². The zero-order valence-corrected chi connectivity index (χ0v) is 21.5. The summed E-state index contributed by atoms with van der Waals surface area (Å²) in [6, 6.07) is 7.34. The Bertz CT molecular complexity index is 1310. The Balaban J connectivity index is 1.50. The number of carbonyl (C=O) groups excluding carboxylic acids is 1. The van der Waals surface area contributed by atoms with Crippen LogP contribution in [0.4, 0.5) is 0 Å². The topological polar surface area (TPSA) is 113 Å². The molecular formula is C27H37N5O4.